The number of unbranched alkanes of at least 4 members (excludes halogenated alkanes) is 2. The number of benzene rings is 2. The van der Waals surface area contributed by atoms with Crippen LogP contribution in [-0.2, 0) is 10.5 Å². The quantitative estimate of drug-likeness (QED) is 0.220. The molecular weight excluding hydrogens is 496 g/mol. The van der Waals surface area contributed by atoms with E-state index in [-0.39, 0.29) is 5.78 Å². The van der Waals surface area contributed by atoms with Gasteiger partial charge in [-0.05, 0) is 49.6 Å². The maximum Gasteiger partial charge on any atom is 0.227 e. The molecule has 7 nitrogen and oxygen atoms in total. The van der Waals surface area contributed by atoms with Gasteiger partial charge in [-0.15, -0.1) is 5.10 Å². The third-order valence-electron chi connectivity index (χ3n) is 6.04. The van der Waals surface area contributed by atoms with E-state index >= 15 is 0 Å². The van der Waals surface area contributed by atoms with Crippen LogP contribution in [0.1, 0.15) is 57.2 Å². The fraction of sp³-hybridized carbons (Fsp3) is 0.370. The van der Waals surface area contributed by atoms with Crippen molar-refractivity contribution in [3.05, 3.63) is 69.9 Å². The molecule has 3 aromatic rings. The fourth-order valence-corrected chi connectivity index (χ4v) is 5.34. The van der Waals surface area contributed by atoms with Gasteiger partial charge in [0.15, 0.2) is 17.3 Å². The van der Waals surface area contributed by atoms with E-state index in [9.17, 15) is 4.79 Å². The molecule has 0 spiro atoms. The van der Waals surface area contributed by atoms with Gasteiger partial charge in [-0.1, -0.05) is 67.4 Å². The van der Waals surface area contributed by atoms with Crippen molar-refractivity contribution in [3.63, 3.8) is 0 Å². The third-order valence-corrected chi connectivity index (χ3v) is 7.29. The number of rotatable bonds is 11. The lowest BCUT2D eigenvalue weighted by Crippen LogP contribution is -2.27. The number of nitrogens with zero attached hydrogens (tertiary/aromatic N) is 3. The predicted octanol–water partition coefficient (Wildman–Crippen LogP) is 6.68. The van der Waals surface area contributed by atoms with Crippen LogP contribution in [-0.4, -0.2) is 34.3 Å². The Kier molecular flexibility index (Phi) is 8.59. The van der Waals surface area contributed by atoms with E-state index in [1.165, 1.54) is 11.8 Å². The van der Waals surface area contributed by atoms with Crippen LogP contribution in [0, 0.1) is 0 Å². The molecule has 1 aromatic heterocycles. The number of carbonyl (C=O) groups excluding carboxylic acids is 1. The molecule has 9 heteroatoms. The summed E-state index contributed by atoms with van der Waals surface area (Å²) in [6.07, 6.45) is 3.24. The zero-order valence-electron chi connectivity index (χ0n) is 21.0. The summed E-state index contributed by atoms with van der Waals surface area (Å²) in [5.74, 6) is 2.50. The van der Waals surface area contributed by atoms with Gasteiger partial charge in [0.1, 0.15) is 6.04 Å². The first-order valence-electron chi connectivity index (χ1n) is 12.0. The molecule has 1 N–H and O–H groups in total. The van der Waals surface area contributed by atoms with Gasteiger partial charge in [0.2, 0.25) is 11.1 Å². The van der Waals surface area contributed by atoms with E-state index in [0.717, 1.165) is 36.1 Å². The molecule has 2 aromatic carbocycles. The number of carbonyl (C=O) groups is 1. The number of anilines is 1. The number of allylic oxidation sites excluding steroid dienone is 2. The van der Waals surface area contributed by atoms with Crippen LogP contribution in [0.25, 0.3) is 0 Å². The highest BCUT2D eigenvalue weighted by Gasteiger charge is 2.33. The molecular formula is C27H31ClN4O3S. The van der Waals surface area contributed by atoms with Crippen molar-refractivity contribution in [2.45, 2.75) is 57.0 Å². The van der Waals surface area contributed by atoms with Gasteiger partial charge in [-0.3, -0.25) is 4.79 Å². The van der Waals surface area contributed by atoms with Crippen LogP contribution in [0.2, 0.25) is 5.02 Å². The van der Waals surface area contributed by atoms with E-state index < -0.39 is 6.04 Å². The van der Waals surface area contributed by atoms with Gasteiger partial charge in [0, 0.05) is 22.0 Å². The molecule has 0 saturated carbocycles. The smallest absolute Gasteiger partial charge is 0.227 e. The average Bonchev–Trinajstić information content (AvgIpc) is 3.27. The second-order valence-corrected chi connectivity index (χ2v) is 9.98. The van der Waals surface area contributed by atoms with Crippen molar-refractivity contribution >= 4 is 35.1 Å². The van der Waals surface area contributed by atoms with Crippen molar-refractivity contribution in [2.24, 2.45) is 0 Å². The first kappa shape index (κ1) is 26.1. The molecule has 0 amide bonds. The van der Waals surface area contributed by atoms with Crippen molar-refractivity contribution in [1.29, 1.82) is 0 Å². The molecule has 1 atom stereocenters. The number of halogens is 1. The molecule has 1 aliphatic heterocycles. The molecule has 0 saturated heterocycles. The number of ketones is 1. The van der Waals surface area contributed by atoms with E-state index in [1.807, 2.05) is 49.4 Å². The zero-order valence-corrected chi connectivity index (χ0v) is 22.6. The van der Waals surface area contributed by atoms with Crippen LogP contribution in [0.3, 0.4) is 0 Å². The highest BCUT2D eigenvalue weighted by Crippen LogP contribution is 2.40. The molecule has 0 aliphatic carbocycles. The number of fused-ring (bicyclic) bond motifs is 1. The highest BCUT2D eigenvalue weighted by atomic mass is 35.5. The van der Waals surface area contributed by atoms with Crippen LogP contribution in [0.5, 0.6) is 11.5 Å². The maximum atomic E-state index is 12.7. The number of hydrogen-bond donors (Lipinski definition) is 1. The molecule has 190 valence electrons. The Labute approximate surface area is 221 Å². The first-order valence-corrected chi connectivity index (χ1v) is 13.4. The average molecular weight is 527 g/mol. The summed E-state index contributed by atoms with van der Waals surface area (Å²) in [4.78, 5) is 17.4. The normalized spacial score (nSPS) is 14.9. The Bertz CT molecular complexity index is 1270. The van der Waals surface area contributed by atoms with Crippen LogP contribution < -0.4 is 14.8 Å². The standard InChI is InChI=1S/C27H31ClN4O3S/c1-5-6-9-14-35-22-13-12-19(15-23(22)34-4)25-24(18(3)33)17(2)29-26-30-27(31-32(25)26)36-16-20-10-7-8-11-21(20)28/h7-8,10-13,15,25H,5-6,9,14,16H2,1-4H3,(H,29,30,31). The summed E-state index contributed by atoms with van der Waals surface area (Å²) in [5, 5.41) is 9.34. The Morgan fingerprint density at radius 3 is 2.72 bits per heavy atom. The van der Waals surface area contributed by atoms with Gasteiger partial charge < -0.3 is 14.8 Å². The van der Waals surface area contributed by atoms with Crippen molar-refractivity contribution in [1.82, 2.24) is 14.8 Å². The minimum Gasteiger partial charge on any atom is -0.493 e. The Balaban J connectivity index is 1.65. The molecule has 0 radical (unpaired) electrons. The van der Waals surface area contributed by atoms with Crippen LogP contribution in [0.15, 0.2) is 58.9 Å². The Hall–Kier alpha value is -2.97. The van der Waals surface area contributed by atoms with E-state index in [1.54, 1.807) is 18.7 Å². The molecule has 0 bridgehead atoms. The lowest BCUT2D eigenvalue weighted by Gasteiger charge is -2.28. The lowest BCUT2D eigenvalue weighted by molar-refractivity contribution is -0.114. The minimum absolute atomic E-state index is 0.0321. The van der Waals surface area contributed by atoms with Gasteiger partial charge in [-0.25, -0.2) is 4.68 Å². The number of thioether (sulfide) groups is 1. The Morgan fingerprint density at radius 1 is 1.19 bits per heavy atom. The molecule has 0 fully saturated rings. The highest BCUT2D eigenvalue weighted by molar-refractivity contribution is 7.98. The third kappa shape index (κ3) is 5.71. The maximum absolute atomic E-state index is 12.7. The number of aromatic nitrogens is 3. The molecule has 36 heavy (non-hydrogen) atoms. The minimum atomic E-state index is -0.441. The largest absolute Gasteiger partial charge is 0.493 e. The summed E-state index contributed by atoms with van der Waals surface area (Å²) < 4.78 is 13.4. The second kappa shape index (κ2) is 11.8. The number of nitrogens with one attached hydrogen (secondary N) is 1. The topological polar surface area (TPSA) is 78.3 Å². The summed E-state index contributed by atoms with van der Waals surface area (Å²) >= 11 is 7.82. The first-order chi connectivity index (χ1) is 17.4. The van der Waals surface area contributed by atoms with Crippen molar-refractivity contribution in [2.75, 3.05) is 19.0 Å². The molecule has 4 rings (SSSR count). The number of hydrogen-bond acceptors (Lipinski definition) is 7. The van der Waals surface area contributed by atoms with E-state index in [2.05, 4.69) is 12.2 Å². The van der Waals surface area contributed by atoms with Crippen molar-refractivity contribution in [3.8, 4) is 11.5 Å². The molecule has 1 aliphatic rings. The molecule has 1 unspecified atom stereocenters. The summed E-state index contributed by atoms with van der Waals surface area (Å²) in [5.41, 5.74) is 3.27. The second-order valence-electron chi connectivity index (χ2n) is 8.63. The van der Waals surface area contributed by atoms with Crippen LogP contribution in [0.4, 0.5) is 5.95 Å². The monoisotopic (exact) mass is 526 g/mol. The van der Waals surface area contributed by atoms with Crippen LogP contribution >= 0.6 is 23.4 Å². The van der Waals surface area contributed by atoms with Gasteiger partial charge in [0.25, 0.3) is 0 Å². The zero-order chi connectivity index (χ0) is 25.7. The lowest BCUT2D eigenvalue weighted by atomic mass is 9.93. The fourth-order valence-electron chi connectivity index (χ4n) is 4.22. The van der Waals surface area contributed by atoms with Crippen molar-refractivity contribution < 1.29 is 14.3 Å². The van der Waals surface area contributed by atoms with Gasteiger partial charge >= 0.3 is 0 Å². The SMILES string of the molecule is CCCCCOc1ccc(C2C(C(C)=O)=C(C)Nc3nc(SCc4ccccc4Cl)nn32)cc1OC. The van der Waals surface area contributed by atoms with Gasteiger partial charge in [0.05, 0.1) is 13.7 Å². The predicted molar refractivity (Wildman–Crippen MR) is 144 cm³/mol. The summed E-state index contributed by atoms with van der Waals surface area (Å²) in [7, 11) is 1.62. The Morgan fingerprint density at radius 2 is 2.00 bits per heavy atom. The number of Topliss-reactive ketones (excluding diaryl/α,β-unsaturated/α-hetero) is 1. The molecule has 2 heterocycles. The number of methoxy groups -OCH3 is 1. The van der Waals surface area contributed by atoms with E-state index in [0.29, 0.717) is 45.6 Å². The van der Waals surface area contributed by atoms with Gasteiger partial charge in [-0.2, -0.15) is 4.98 Å². The summed E-state index contributed by atoms with van der Waals surface area (Å²) in [6.45, 7) is 6.26. The number of ether oxygens (including phenoxy) is 2. The van der Waals surface area contributed by atoms with E-state index in [4.69, 9.17) is 31.2 Å². The summed E-state index contributed by atoms with van der Waals surface area (Å²) in [6, 6.07) is 13.1.